The summed E-state index contributed by atoms with van der Waals surface area (Å²) in [5, 5.41) is 0.0483. The zero-order valence-electron chi connectivity index (χ0n) is 23.0. The number of piperazine rings is 1. The third-order valence-corrected chi connectivity index (χ3v) is 8.81. The number of amides is 1. The molecule has 1 aromatic carbocycles. The van der Waals surface area contributed by atoms with Crippen molar-refractivity contribution in [2.45, 2.75) is 49.0 Å². The molecular weight excluding hydrogens is 579 g/mol. The highest BCUT2D eigenvalue weighted by Crippen LogP contribution is 2.50. The highest BCUT2D eigenvalue weighted by molar-refractivity contribution is 7.99. The number of anilines is 1. The predicted molar refractivity (Wildman–Crippen MR) is 150 cm³/mol. The summed E-state index contributed by atoms with van der Waals surface area (Å²) in [5.74, 6) is 0.732. The molecule has 1 aromatic heterocycles. The van der Waals surface area contributed by atoms with Gasteiger partial charge in [-0.1, -0.05) is 18.4 Å². The average molecular weight is 607 g/mol. The summed E-state index contributed by atoms with van der Waals surface area (Å²) in [7, 11) is 1.44. The first-order valence-corrected chi connectivity index (χ1v) is 14.1. The number of benzene rings is 1. The van der Waals surface area contributed by atoms with Crippen LogP contribution in [0.2, 0.25) is 0 Å². The second kappa shape index (κ2) is 11.2. The fourth-order valence-corrected chi connectivity index (χ4v) is 7.29. The van der Waals surface area contributed by atoms with Crippen molar-refractivity contribution >= 4 is 34.4 Å². The van der Waals surface area contributed by atoms with Gasteiger partial charge in [0.1, 0.15) is 17.5 Å². The van der Waals surface area contributed by atoms with Crippen molar-refractivity contribution < 1.29 is 31.5 Å². The predicted octanol–water partition coefficient (Wildman–Crippen LogP) is 5.13. The van der Waals surface area contributed by atoms with E-state index in [0.717, 1.165) is 23.9 Å². The second-order valence-electron chi connectivity index (χ2n) is 10.4. The monoisotopic (exact) mass is 606 g/mol. The van der Waals surface area contributed by atoms with Gasteiger partial charge in [-0.25, -0.2) is 13.6 Å². The van der Waals surface area contributed by atoms with Crippen LogP contribution in [0.25, 0.3) is 10.9 Å². The van der Waals surface area contributed by atoms with Crippen LogP contribution in [-0.4, -0.2) is 65.0 Å². The molecule has 3 aliphatic rings. The number of nitrogens with zero attached hydrogens (tertiary/aromatic N) is 4. The molecule has 7 nitrogen and oxygen atoms in total. The molecule has 2 aliphatic heterocycles. The maximum Gasteiger partial charge on any atom is 0.416 e. The summed E-state index contributed by atoms with van der Waals surface area (Å²) in [5.41, 5.74) is -2.17. The molecule has 0 radical (unpaired) electrons. The molecule has 1 aliphatic carbocycles. The van der Waals surface area contributed by atoms with Crippen LogP contribution in [0.5, 0.6) is 0 Å². The molecule has 5 rings (SSSR count). The van der Waals surface area contributed by atoms with Crippen molar-refractivity contribution in [1.29, 1.82) is 0 Å². The van der Waals surface area contributed by atoms with Gasteiger partial charge >= 0.3 is 11.9 Å². The second-order valence-corrected chi connectivity index (χ2v) is 11.4. The van der Waals surface area contributed by atoms with E-state index in [1.54, 1.807) is 23.6 Å². The molecule has 1 unspecified atom stereocenters. The lowest BCUT2D eigenvalue weighted by atomic mass is 9.90. The number of hydrogen-bond donors (Lipinski definition) is 0. The fraction of sp³-hybridized carbons (Fsp3) is 0.414. The van der Waals surface area contributed by atoms with Gasteiger partial charge in [0.2, 0.25) is 5.91 Å². The van der Waals surface area contributed by atoms with Gasteiger partial charge in [-0.05, 0) is 26.0 Å². The van der Waals surface area contributed by atoms with Crippen LogP contribution in [0, 0.1) is 11.8 Å². The number of halogens is 5. The smallest absolute Gasteiger partial charge is 0.383 e. The summed E-state index contributed by atoms with van der Waals surface area (Å²) in [6, 6.07) is -0.424. The van der Waals surface area contributed by atoms with Crippen LogP contribution in [0.4, 0.5) is 27.8 Å². The summed E-state index contributed by atoms with van der Waals surface area (Å²) < 4.78 is 80.1. The molecule has 0 saturated carbocycles. The van der Waals surface area contributed by atoms with E-state index in [1.807, 2.05) is 0 Å². The van der Waals surface area contributed by atoms with E-state index in [1.165, 1.54) is 17.8 Å². The Kier molecular flexibility index (Phi) is 7.98. The summed E-state index contributed by atoms with van der Waals surface area (Å²) in [6.07, 6.45) is -2.45. The molecular formula is C29H27F5N4O3S. The van der Waals surface area contributed by atoms with Crippen molar-refractivity contribution in [3.63, 3.8) is 0 Å². The highest BCUT2D eigenvalue weighted by Gasteiger charge is 2.42. The largest absolute Gasteiger partial charge is 0.416 e. The first kappa shape index (κ1) is 29.8. The number of methoxy groups -OCH3 is 1. The first-order valence-electron chi connectivity index (χ1n) is 13.1. The molecule has 2 aromatic rings. The molecule has 3 heterocycles. The van der Waals surface area contributed by atoms with Gasteiger partial charge in [-0.2, -0.15) is 18.2 Å². The lowest BCUT2D eigenvalue weighted by molar-refractivity contribution is -0.138. The minimum absolute atomic E-state index is 0.0275. The minimum Gasteiger partial charge on any atom is -0.383 e. The Balaban J connectivity index is 1.82. The van der Waals surface area contributed by atoms with Crippen LogP contribution in [-0.2, 0) is 15.7 Å². The van der Waals surface area contributed by atoms with Crippen molar-refractivity contribution in [3.8, 4) is 11.8 Å². The Hall–Kier alpha value is -3.63. The third-order valence-electron chi connectivity index (χ3n) is 7.56. The topological polar surface area (TPSA) is 67.7 Å². The summed E-state index contributed by atoms with van der Waals surface area (Å²) in [4.78, 5) is 33.7. The molecule has 0 bridgehead atoms. The molecule has 42 heavy (non-hydrogen) atoms. The van der Waals surface area contributed by atoms with Gasteiger partial charge < -0.3 is 14.5 Å². The zero-order chi connectivity index (χ0) is 30.5. The van der Waals surface area contributed by atoms with E-state index in [0.29, 0.717) is 6.08 Å². The van der Waals surface area contributed by atoms with Gasteiger partial charge in [0, 0.05) is 66.0 Å². The maximum atomic E-state index is 15.3. The van der Waals surface area contributed by atoms with E-state index < -0.39 is 46.6 Å². The van der Waals surface area contributed by atoms with Gasteiger partial charge in [-0.3, -0.25) is 9.36 Å². The maximum absolute atomic E-state index is 15.3. The van der Waals surface area contributed by atoms with Gasteiger partial charge in [0.15, 0.2) is 0 Å². The number of carbonyl (C=O) groups excluding carboxylic acids is 1. The number of carbonyl (C=O) groups is 1. The van der Waals surface area contributed by atoms with Gasteiger partial charge in [0.05, 0.1) is 29.6 Å². The lowest BCUT2D eigenvalue weighted by Crippen LogP contribution is -2.58. The Bertz CT molecular complexity index is 1640. The lowest BCUT2D eigenvalue weighted by Gasteiger charge is -2.45. The quantitative estimate of drug-likeness (QED) is 0.267. The van der Waals surface area contributed by atoms with Crippen LogP contribution >= 0.6 is 11.8 Å². The molecule has 4 atom stereocenters. The molecule has 13 heteroatoms. The Labute approximate surface area is 242 Å². The minimum atomic E-state index is -4.95. The first-order chi connectivity index (χ1) is 19.9. The van der Waals surface area contributed by atoms with Gasteiger partial charge in [-0.15, -0.1) is 11.8 Å². The molecule has 1 fully saturated rings. The summed E-state index contributed by atoms with van der Waals surface area (Å²) >= 11 is 1.04. The molecule has 1 saturated heterocycles. The molecule has 0 spiro atoms. The number of hydrogen-bond acceptors (Lipinski definition) is 6. The van der Waals surface area contributed by atoms with Crippen molar-refractivity contribution in [2.24, 2.45) is 0 Å². The van der Waals surface area contributed by atoms with Crippen molar-refractivity contribution in [2.75, 3.05) is 37.5 Å². The zero-order valence-corrected chi connectivity index (χ0v) is 23.8. The number of thioether (sulfide) groups is 1. The Morgan fingerprint density at radius 2 is 1.95 bits per heavy atom. The number of aromatic nitrogens is 2. The Morgan fingerprint density at radius 3 is 2.57 bits per heavy atom. The van der Waals surface area contributed by atoms with E-state index >= 15 is 4.39 Å². The third kappa shape index (κ3) is 5.11. The van der Waals surface area contributed by atoms with E-state index in [9.17, 15) is 27.2 Å². The van der Waals surface area contributed by atoms with Crippen molar-refractivity contribution in [1.82, 2.24) is 14.5 Å². The summed E-state index contributed by atoms with van der Waals surface area (Å²) in [6.45, 7) is 7.59. The van der Waals surface area contributed by atoms with Crippen LogP contribution in [0.1, 0.15) is 36.9 Å². The normalized spacial score (nSPS) is 24.0. The van der Waals surface area contributed by atoms with E-state index in [-0.39, 0.29) is 65.1 Å². The molecule has 1 amide bonds. The SMILES string of the molecule is C=CC(=O)N1[C@H](C)CN(c2nc(=O)n3c4c(c(C5C#CC=C(F)C=C5F)c(C(F)(F)F)cc24)SC[C@@H]3COC)C[C@@H]1C. The molecule has 0 N–H and O–H groups in total. The van der Waals surface area contributed by atoms with Gasteiger partial charge in [0.25, 0.3) is 0 Å². The van der Waals surface area contributed by atoms with Crippen LogP contribution < -0.4 is 10.6 Å². The standard InChI is InChI=1S/C29H27F5N4O3S/c1-5-23(39)37-15(2)11-36(12-16(37)3)27-20-10-21(29(32,33)34)24(19-8-6-7-17(30)9-22(19)31)26-25(20)38(28(40)35-27)18(13-41-4)14-42-26/h5,7,9-10,15-16,18-19H,1,11-14H2,2-4H3/t15-,16+,18-,19?/m0/s1. The van der Waals surface area contributed by atoms with Crippen LogP contribution in [0.15, 0.2) is 52.2 Å². The fourth-order valence-electron chi connectivity index (χ4n) is 5.95. The highest BCUT2D eigenvalue weighted by atomic mass is 32.2. The van der Waals surface area contributed by atoms with Crippen molar-refractivity contribution in [3.05, 3.63) is 64.1 Å². The van der Waals surface area contributed by atoms with E-state index in [2.05, 4.69) is 23.4 Å². The molecule has 222 valence electrons. The number of allylic oxidation sites excluding steroid dienone is 4. The average Bonchev–Trinajstić information content (AvgIpc) is 3.08. The van der Waals surface area contributed by atoms with Crippen LogP contribution in [0.3, 0.4) is 0 Å². The Morgan fingerprint density at radius 1 is 1.26 bits per heavy atom. The number of ether oxygens (including phenoxy) is 1. The van der Waals surface area contributed by atoms with E-state index in [4.69, 9.17) is 4.74 Å². The number of alkyl halides is 3. The number of rotatable bonds is 5.